The van der Waals surface area contributed by atoms with Crippen molar-refractivity contribution in [3.63, 3.8) is 0 Å². The summed E-state index contributed by atoms with van der Waals surface area (Å²) in [6.45, 7) is 15.0. The summed E-state index contributed by atoms with van der Waals surface area (Å²) in [5, 5.41) is 9.99. The van der Waals surface area contributed by atoms with E-state index in [0.29, 0.717) is 23.7 Å². The van der Waals surface area contributed by atoms with Crippen molar-refractivity contribution in [2.75, 3.05) is 6.61 Å². The molecule has 1 aliphatic carbocycles. The van der Waals surface area contributed by atoms with Crippen LogP contribution in [0.3, 0.4) is 0 Å². The van der Waals surface area contributed by atoms with Gasteiger partial charge in [-0.25, -0.2) is 0 Å². The molecule has 3 nitrogen and oxygen atoms in total. The molecular weight excluding hydrogens is 276 g/mol. The summed E-state index contributed by atoms with van der Waals surface area (Å²) in [6, 6.07) is 0. The van der Waals surface area contributed by atoms with Gasteiger partial charge in [0.05, 0.1) is 0 Å². The van der Waals surface area contributed by atoms with Gasteiger partial charge >= 0.3 is 5.97 Å². The Bertz CT molecular complexity index is 375. The van der Waals surface area contributed by atoms with Gasteiger partial charge in [-0.1, -0.05) is 27.7 Å². The van der Waals surface area contributed by atoms with Gasteiger partial charge in [-0.2, -0.15) is 0 Å². The zero-order valence-corrected chi connectivity index (χ0v) is 15.7. The summed E-state index contributed by atoms with van der Waals surface area (Å²) in [4.78, 5) is 12.0. The number of ether oxygens (including phenoxy) is 1. The molecule has 22 heavy (non-hydrogen) atoms. The molecule has 0 radical (unpaired) electrons. The number of aliphatic hydroxyl groups is 1. The fourth-order valence-electron chi connectivity index (χ4n) is 3.72. The highest BCUT2D eigenvalue weighted by molar-refractivity contribution is 5.69. The van der Waals surface area contributed by atoms with Gasteiger partial charge in [-0.05, 0) is 69.1 Å². The zero-order valence-electron chi connectivity index (χ0n) is 15.7. The third-order valence-corrected chi connectivity index (χ3v) is 5.46. The van der Waals surface area contributed by atoms with Crippen LogP contribution in [0.4, 0.5) is 0 Å². The SMILES string of the molecule is C[C@H]1C[C@@H](C(C)(C)C)CC[C@@]1(CO)CCC(=O)OC(C)(C)C. The Kier molecular flexibility index (Phi) is 6.11. The van der Waals surface area contributed by atoms with Crippen LogP contribution >= 0.6 is 0 Å². The highest BCUT2D eigenvalue weighted by Crippen LogP contribution is 2.50. The smallest absolute Gasteiger partial charge is 0.306 e. The average molecular weight is 312 g/mol. The van der Waals surface area contributed by atoms with Gasteiger partial charge in [0.15, 0.2) is 0 Å². The van der Waals surface area contributed by atoms with Gasteiger partial charge in [-0.15, -0.1) is 0 Å². The van der Waals surface area contributed by atoms with Gasteiger partial charge in [0.25, 0.3) is 0 Å². The van der Waals surface area contributed by atoms with Crippen molar-refractivity contribution in [1.82, 2.24) is 0 Å². The van der Waals surface area contributed by atoms with E-state index in [1.807, 2.05) is 20.8 Å². The van der Waals surface area contributed by atoms with E-state index in [0.717, 1.165) is 25.7 Å². The minimum Gasteiger partial charge on any atom is -0.460 e. The lowest BCUT2D eigenvalue weighted by molar-refractivity contribution is -0.156. The van der Waals surface area contributed by atoms with E-state index in [2.05, 4.69) is 27.7 Å². The van der Waals surface area contributed by atoms with E-state index in [9.17, 15) is 9.90 Å². The summed E-state index contributed by atoms with van der Waals surface area (Å²) < 4.78 is 5.41. The van der Waals surface area contributed by atoms with Crippen LogP contribution in [-0.4, -0.2) is 23.3 Å². The fraction of sp³-hybridized carbons (Fsp3) is 0.947. The fourth-order valence-corrected chi connectivity index (χ4v) is 3.72. The third-order valence-electron chi connectivity index (χ3n) is 5.46. The summed E-state index contributed by atoms with van der Waals surface area (Å²) in [5.74, 6) is 0.993. The predicted molar refractivity (Wildman–Crippen MR) is 90.6 cm³/mol. The number of aliphatic hydroxyl groups excluding tert-OH is 1. The normalized spacial score (nSPS) is 30.2. The third kappa shape index (κ3) is 5.26. The van der Waals surface area contributed by atoms with Crippen LogP contribution in [0, 0.1) is 22.7 Å². The Morgan fingerprint density at radius 2 is 1.82 bits per heavy atom. The molecule has 0 saturated heterocycles. The van der Waals surface area contributed by atoms with E-state index in [1.54, 1.807) is 0 Å². The molecule has 1 saturated carbocycles. The van der Waals surface area contributed by atoms with Crippen molar-refractivity contribution in [2.45, 2.75) is 86.2 Å². The largest absolute Gasteiger partial charge is 0.460 e. The van der Waals surface area contributed by atoms with Crippen molar-refractivity contribution in [3.05, 3.63) is 0 Å². The van der Waals surface area contributed by atoms with E-state index in [1.165, 1.54) is 0 Å². The van der Waals surface area contributed by atoms with Gasteiger partial charge < -0.3 is 9.84 Å². The lowest BCUT2D eigenvalue weighted by Gasteiger charge is -2.48. The molecule has 130 valence electrons. The lowest BCUT2D eigenvalue weighted by Crippen LogP contribution is -2.41. The molecule has 1 aliphatic rings. The number of carbonyl (C=O) groups is 1. The molecule has 0 bridgehead atoms. The van der Waals surface area contributed by atoms with Crippen LogP contribution in [-0.2, 0) is 9.53 Å². The Hall–Kier alpha value is -0.570. The number of rotatable bonds is 4. The molecule has 0 aromatic heterocycles. The molecule has 0 unspecified atom stereocenters. The first-order chi connectivity index (χ1) is 9.89. The first kappa shape index (κ1) is 19.5. The Morgan fingerprint density at radius 3 is 2.23 bits per heavy atom. The molecule has 1 fully saturated rings. The number of esters is 1. The number of carbonyl (C=O) groups excluding carboxylic acids is 1. The van der Waals surface area contributed by atoms with Crippen molar-refractivity contribution in [1.29, 1.82) is 0 Å². The average Bonchev–Trinajstić information content (AvgIpc) is 2.34. The summed E-state index contributed by atoms with van der Waals surface area (Å²) in [6.07, 6.45) is 4.43. The molecule has 0 heterocycles. The van der Waals surface area contributed by atoms with E-state index >= 15 is 0 Å². The van der Waals surface area contributed by atoms with E-state index in [4.69, 9.17) is 4.74 Å². The first-order valence-corrected chi connectivity index (χ1v) is 8.72. The Labute approximate surface area is 136 Å². The molecule has 0 amide bonds. The standard InChI is InChI=1S/C19H36O3/c1-14-12-15(17(2,3)4)8-10-19(14,13-20)11-9-16(21)22-18(5,6)7/h14-15,20H,8-13H2,1-7H3/t14-,15-,19-/m0/s1. The molecule has 1 rings (SSSR count). The molecule has 0 spiro atoms. The van der Waals surface area contributed by atoms with E-state index < -0.39 is 5.60 Å². The highest BCUT2D eigenvalue weighted by atomic mass is 16.6. The van der Waals surface area contributed by atoms with Crippen LogP contribution in [0.5, 0.6) is 0 Å². The monoisotopic (exact) mass is 312 g/mol. The lowest BCUT2D eigenvalue weighted by atomic mass is 9.58. The van der Waals surface area contributed by atoms with Gasteiger partial charge in [0, 0.05) is 13.0 Å². The van der Waals surface area contributed by atoms with Crippen LogP contribution in [0.25, 0.3) is 0 Å². The highest BCUT2D eigenvalue weighted by Gasteiger charge is 2.43. The second-order valence-electron chi connectivity index (χ2n) is 9.35. The first-order valence-electron chi connectivity index (χ1n) is 8.72. The van der Waals surface area contributed by atoms with Crippen molar-refractivity contribution in [2.24, 2.45) is 22.7 Å². The molecule has 3 heteroatoms. The topological polar surface area (TPSA) is 46.5 Å². The Morgan fingerprint density at radius 1 is 1.23 bits per heavy atom. The van der Waals surface area contributed by atoms with Crippen LogP contribution in [0.15, 0.2) is 0 Å². The minimum absolute atomic E-state index is 0.112. The molecule has 0 aromatic rings. The number of hydrogen-bond donors (Lipinski definition) is 1. The quantitative estimate of drug-likeness (QED) is 0.773. The number of hydrogen-bond acceptors (Lipinski definition) is 3. The second kappa shape index (κ2) is 6.90. The van der Waals surface area contributed by atoms with Gasteiger partial charge in [0.1, 0.15) is 5.60 Å². The van der Waals surface area contributed by atoms with Crippen molar-refractivity contribution < 1.29 is 14.6 Å². The zero-order chi connectivity index (χ0) is 17.2. The molecule has 1 N–H and O–H groups in total. The van der Waals surface area contributed by atoms with Gasteiger partial charge in [-0.3, -0.25) is 4.79 Å². The molecule has 0 aliphatic heterocycles. The molecular formula is C19H36O3. The Balaban J connectivity index is 2.65. The van der Waals surface area contributed by atoms with Crippen molar-refractivity contribution >= 4 is 5.97 Å². The minimum atomic E-state index is -0.432. The molecule has 3 atom stereocenters. The van der Waals surface area contributed by atoms with Gasteiger partial charge in [0.2, 0.25) is 0 Å². The maximum atomic E-state index is 12.0. The maximum absolute atomic E-state index is 12.0. The van der Waals surface area contributed by atoms with Crippen molar-refractivity contribution in [3.8, 4) is 0 Å². The summed E-state index contributed by atoms with van der Waals surface area (Å²) in [5.41, 5.74) is -0.224. The van der Waals surface area contributed by atoms with Crippen LogP contribution < -0.4 is 0 Å². The summed E-state index contributed by atoms with van der Waals surface area (Å²) in [7, 11) is 0. The maximum Gasteiger partial charge on any atom is 0.306 e. The summed E-state index contributed by atoms with van der Waals surface area (Å²) >= 11 is 0. The van der Waals surface area contributed by atoms with E-state index in [-0.39, 0.29) is 18.0 Å². The van der Waals surface area contributed by atoms with Crippen LogP contribution in [0.2, 0.25) is 0 Å². The van der Waals surface area contributed by atoms with Crippen LogP contribution in [0.1, 0.15) is 80.6 Å². The predicted octanol–water partition coefficient (Wildman–Crippen LogP) is 4.57. The molecule has 0 aromatic carbocycles. The second-order valence-corrected chi connectivity index (χ2v) is 9.35.